The Morgan fingerprint density at radius 1 is 0.913 bits per heavy atom. The number of carbonyl (C=O) groups is 1. The van der Waals surface area contributed by atoms with Crippen LogP contribution in [0.4, 0.5) is 23.7 Å². The molecule has 3 aromatic carbocycles. The number of nitrogens with one attached hydrogen (secondary N) is 3. The molecular formula is C34H41ClF3N5O3. The highest BCUT2D eigenvalue weighted by atomic mass is 35.5. The van der Waals surface area contributed by atoms with Crippen molar-refractivity contribution in [1.29, 1.82) is 5.41 Å². The molecular weight excluding hydrogens is 619 g/mol. The zero-order valence-corrected chi connectivity index (χ0v) is 27.1. The first-order chi connectivity index (χ1) is 21.8. The molecule has 3 aromatic rings. The molecule has 0 spiro atoms. The van der Waals surface area contributed by atoms with Crippen molar-refractivity contribution in [1.82, 2.24) is 15.1 Å². The Bertz CT molecular complexity index is 1470. The van der Waals surface area contributed by atoms with E-state index < -0.39 is 18.1 Å². The Morgan fingerprint density at radius 2 is 1.57 bits per heavy atom. The number of anilines is 1. The number of piperazine rings is 1. The lowest BCUT2D eigenvalue weighted by atomic mass is 9.98. The van der Waals surface area contributed by atoms with E-state index in [-0.39, 0.29) is 11.5 Å². The number of alkyl halides is 3. The number of benzene rings is 3. The predicted octanol–water partition coefficient (Wildman–Crippen LogP) is 7.30. The summed E-state index contributed by atoms with van der Waals surface area (Å²) in [6, 6.07) is 19.1. The fourth-order valence-corrected chi connectivity index (χ4v) is 5.27. The smallest absolute Gasteiger partial charge is 0.444 e. The van der Waals surface area contributed by atoms with Crippen molar-refractivity contribution in [2.24, 2.45) is 0 Å². The fourth-order valence-electron chi connectivity index (χ4n) is 5.08. The summed E-state index contributed by atoms with van der Waals surface area (Å²) < 4.78 is 47.3. The predicted molar refractivity (Wildman–Crippen MR) is 175 cm³/mol. The maximum Gasteiger partial charge on any atom is 0.573 e. The van der Waals surface area contributed by atoms with Crippen LogP contribution in [-0.4, -0.2) is 72.8 Å². The van der Waals surface area contributed by atoms with Crippen LogP contribution in [0.5, 0.6) is 5.75 Å². The van der Waals surface area contributed by atoms with Gasteiger partial charge in [0.05, 0.1) is 5.71 Å². The quantitative estimate of drug-likeness (QED) is 0.140. The third-order valence-electron chi connectivity index (χ3n) is 7.29. The molecule has 0 aliphatic carbocycles. The highest BCUT2D eigenvalue weighted by Gasteiger charge is 2.31. The molecule has 0 atom stereocenters. The van der Waals surface area contributed by atoms with E-state index in [4.69, 9.17) is 21.7 Å². The first-order valence-electron chi connectivity index (χ1n) is 15.2. The van der Waals surface area contributed by atoms with E-state index in [2.05, 4.69) is 31.2 Å². The van der Waals surface area contributed by atoms with Gasteiger partial charge in [-0.2, -0.15) is 0 Å². The lowest BCUT2D eigenvalue weighted by molar-refractivity contribution is -0.274. The number of alkyl carbamates (subject to hydrolysis) is 1. The van der Waals surface area contributed by atoms with Crippen LogP contribution in [0.1, 0.15) is 49.4 Å². The van der Waals surface area contributed by atoms with Crippen LogP contribution in [-0.2, 0) is 17.8 Å². The molecule has 1 aliphatic rings. The molecule has 0 aromatic heterocycles. The third-order valence-corrected chi connectivity index (χ3v) is 7.66. The molecule has 1 aliphatic heterocycles. The lowest BCUT2D eigenvalue weighted by Gasteiger charge is -2.35. The molecule has 3 N–H and O–H groups in total. The standard InChI is InChI=1S/C34H41ClF3N5O3/c1-33(2,3)46-32(44)41-16-6-15-40-30-14-9-24(21-28(30)31(39)25-10-12-27(13-11-25)45-34(36,37)38)22-42-17-19-43(20-18-42)23-26-7-4-5-8-29(26)35/h4-5,7-14,21,39-40H,6,15-20,22-23H2,1-3H3,(H,41,44). The zero-order chi connectivity index (χ0) is 33.3. The van der Waals surface area contributed by atoms with Crippen LogP contribution >= 0.6 is 11.6 Å². The summed E-state index contributed by atoms with van der Waals surface area (Å²) in [6.07, 6.45) is -4.67. The van der Waals surface area contributed by atoms with Gasteiger partial charge in [0.15, 0.2) is 0 Å². The number of ether oxygens (including phenoxy) is 2. The van der Waals surface area contributed by atoms with Crippen molar-refractivity contribution in [3.63, 3.8) is 0 Å². The van der Waals surface area contributed by atoms with Crippen molar-refractivity contribution in [3.05, 3.63) is 94.0 Å². The second-order valence-corrected chi connectivity index (χ2v) is 12.6. The Labute approximate surface area is 273 Å². The maximum absolute atomic E-state index is 12.7. The van der Waals surface area contributed by atoms with Crippen molar-refractivity contribution < 1.29 is 27.4 Å². The van der Waals surface area contributed by atoms with E-state index in [0.717, 1.165) is 48.9 Å². The number of hydrogen-bond donors (Lipinski definition) is 3. The minimum atomic E-state index is -4.79. The summed E-state index contributed by atoms with van der Waals surface area (Å²) in [4.78, 5) is 16.7. The number of carbonyl (C=O) groups excluding carboxylic acids is 1. The number of rotatable bonds is 12. The normalized spacial score (nSPS) is 14.5. The number of hydrogen-bond acceptors (Lipinski definition) is 7. The monoisotopic (exact) mass is 659 g/mol. The average Bonchev–Trinajstić information content (AvgIpc) is 2.98. The molecule has 0 radical (unpaired) electrons. The molecule has 0 bridgehead atoms. The van der Waals surface area contributed by atoms with Crippen molar-refractivity contribution in [2.75, 3.05) is 44.6 Å². The molecule has 1 fully saturated rings. The fraction of sp³-hybridized carbons (Fsp3) is 0.412. The average molecular weight is 660 g/mol. The first kappa shape index (κ1) is 35.1. The SMILES string of the molecule is CC(C)(C)OC(=O)NCCCNc1ccc(CN2CCN(Cc3ccccc3Cl)CC2)cc1C(=N)c1ccc(OC(F)(F)F)cc1. The summed E-state index contributed by atoms with van der Waals surface area (Å²) in [7, 11) is 0. The molecule has 1 saturated heterocycles. The molecule has 12 heteroatoms. The summed E-state index contributed by atoms with van der Waals surface area (Å²) in [6.45, 7) is 11.4. The lowest BCUT2D eigenvalue weighted by Crippen LogP contribution is -2.45. The van der Waals surface area contributed by atoms with E-state index in [0.29, 0.717) is 42.9 Å². The van der Waals surface area contributed by atoms with Crippen molar-refractivity contribution in [3.8, 4) is 5.75 Å². The van der Waals surface area contributed by atoms with Crippen LogP contribution in [0, 0.1) is 5.41 Å². The van der Waals surface area contributed by atoms with Gasteiger partial charge in [-0.15, -0.1) is 13.2 Å². The topological polar surface area (TPSA) is 89.9 Å². The molecule has 0 unspecified atom stereocenters. The van der Waals surface area contributed by atoms with Crippen molar-refractivity contribution in [2.45, 2.75) is 52.2 Å². The van der Waals surface area contributed by atoms with Gasteiger partial charge < -0.3 is 20.1 Å². The van der Waals surface area contributed by atoms with Crippen LogP contribution in [0.3, 0.4) is 0 Å². The Kier molecular flexibility index (Phi) is 11.9. The van der Waals surface area contributed by atoms with Gasteiger partial charge in [0.25, 0.3) is 0 Å². The minimum Gasteiger partial charge on any atom is -0.444 e. The molecule has 1 heterocycles. The molecule has 248 valence electrons. The second kappa shape index (κ2) is 15.7. The van der Waals surface area contributed by atoms with Gasteiger partial charge in [-0.25, -0.2) is 4.79 Å². The largest absolute Gasteiger partial charge is 0.573 e. The zero-order valence-electron chi connectivity index (χ0n) is 26.3. The van der Waals surface area contributed by atoms with E-state index in [1.807, 2.05) is 36.4 Å². The summed E-state index contributed by atoms with van der Waals surface area (Å²) in [5.74, 6) is -0.345. The van der Waals surface area contributed by atoms with E-state index in [9.17, 15) is 18.0 Å². The number of halogens is 4. The highest BCUT2D eigenvalue weighted by molar-refractivity contribution is 6.31. The van der Waals surface area contributed by atoms with Gasteiger partial charge in [0.2, 0.25) is 0 Å². The molecule has 0 saturated carbocycles. The van der Waals surface area contributed by atoms with E-state index in [1.54, 1.807) is 20.8 Å². The Balaban J connectivity index is 1.41. The number of amides is 1. The van der Waals surface area contributed by atoms with Crippen LogP contribution in [0.25, 0.3) is 0 Å². The van der Waals surface area contributed by atoms with Crippen LogP contribution in [0.15, 0.2) is 66.7 Å². The van der Waals surface area contributed by atoms with E-state index >= 15 is 0 Å². The van der Waals surface area contributed by atoms with Gasteiger partial charge in [0.1, 0.15) is 11.4 Å². The van der Waals surface area contributed by atoms with Gasteiger partial charge in [-0.1, -0.05) is 35.9 Å². The van der Waals surface area contributed by atoms with Crippen LogP contribution < -0.4 is 15.4 Å². The maximum atomic E-state index is 12.7. The number of nitrogens with zero attached hydrogens (tertiary/aromatic N) is 2. The van der Waals surface area contributed by atoms with Crippen LogP contribution in [0.2, 0.25) is 5.02 Å². The third kappa shape index (κ3) is 11.2. The molecule has 1 amide bonds. The van der Waals surface area contributed by atoms with Crippen molar-refractivity contribution >= 4 is 29.1 Å². The molecule has 4 rings (SSSR count). The van der Waals surface area contributed by atoms with Gasteiger partial charge >= 0.3 is 12.5 Å². The van der Waals surface area contributed by atoms with E-state index in [1.165, 1.54) is 24.3 Å². The second-order valence-electron chi connectivity index (χ2n) is 12.2. The Morgan fingerprint density at radius 3 is 2.20 bits per heavy atom. The van der Waals surface area contributed by atoms with Gasteiger partial charge in [-0.05, 0) is 80.8 Å². The summed E-state index contributed by atoms with van der Waals surface area (Å²) in [5, 5.41) is 15.8. The van der Waals surface area contributed by atoms with Gasteiger partial charge in [-0.3, -0.25) is 15.2 Å². The Hall–Kier alpha value is -3.80. The molecule has 46 heavy (non-hydrogen) atoms. The first-order valence-corrected chi connectivity index (χ1v) is 15.6. The summed E-state index contributed by atoms with van der Waals surface area (Å²) in [5.41, 5.74) is 3.51. The van der Waals surface area contributed by atoms with Gasteiger partial charge in [0, 0.05) is 74.2 Å². The molecule has 8 nitrogen and oxygen atoms in total. The minimum absolute atomic E-state index is 0.166. The highest BCUT2D eigenvalue weighted by Crippen LogP contribution is 2.26. The summed E-state index contributed by atoms with van der Waals surface area (Å²) >= 11 is 6.36.